The summed E-state index contributed by atoms with van der Waals surface area (Å²) >= 11 is 0. The molecule has 2 N–H and O–H groups in total. The van der Waals surface area contributed by atoms with Crippen LogP contribution >= 0.6 is 0 Å². The molecule has 0 heterocycles. The Balaban J connectivity index is 2.50. The van der Waals surface area contributed by atoms with Gasteiger partial charge in [0.25, 0.3) is 0 Å². The van der Waals surface area contributed by atoms with Gasteiger partial charge in [-0.2, -0.15) is 0 Å². The van der Waals surface area contributed by atoms with Crippen LogP contribution in [-0.4, -0.2) is 5.11 Å². The Kier molecular flexibility index (Phi) is 3.10. The van der Waals surface area contributed by atoms with Crippen LogP contribution in [0.5, 0.6) is 5.75 Å². The Morgan fingerprint density at radius 2 is 2.00 bits per heavy atom. The van der Waals surface area contributed by atoms with E-state index in [9.17, 15) is 9.50 Å². The molecule has 0 aliphatic rings. The minimum Gasteiger partial charge on any atom is -0.507 e. The van der Waals surface area contributed by atoms with Crippen molar-refractivity contribution in [3.8, 4) is 16.9 Å². The molecule has 2 rings (SSSR count). The Morgan fingerprint density at radius 1 is 1.18 bits per heavy atom. The van der Waals surface area contributed by atoms with Gasteiger partial charge in [-0.25, -0.2) is 4.39 Å². The topological polar surface area (TPSA) is 32.3 Å². The summed E-state index contributed by atoms with van der Waals surface area (Å²) < 4.78 is 13.1. The molecule has 0 bridgehead atoms. The van der Waals surface area contributed by atoms with Gasteiger partial charge < -0.3 is 10.4 Å². The maximum atomic E-state index is 13.1. The summed E-state index contributed by atoms with van der Waals surface area (Å²) in [6.45, 7) is 3.56. The van der Waals surface area contributed by atoms with Crippen molar-refractivity contribution in [2.45, 2.75) is 0 Å². The Hall–Kier alpha value is -2.29. The van der Waals surface area contributed by atoms with Crippen molar-refractivity contribution in [2.24, 2.45) is 0 Å². The summed E-state index contributed by atoms with van der Waals surface area (Å²) in [6.07, 6.45) is 1.54. The Labute approximate surface area is 99.0 Å². The molecule has 0 saturated heterocycles. The second kappa shape index (κ2) is 4.70. The molecule has 0 spiro atoms. The second-order valence-corrected chi connectivity index (χ2v) is 3.59. The molecule has 2 nitrogen and oxygen atoms in total. The quantitative estimate of drug-likeness (QED) is 0.785. The van der Waals surface area contributed by atoms with Crippen LogP contribution in [0.3, 0.4) is 0 Å². The molecule has 0 radical (unpaired) electrons. The Bertz CT molecular complexity index is 552. The van der Waals surface area contributed by atoms with E-state index in [1.54, 1.807) is 36.5 Å². The molecule has 0 amide bonds. The monoisotopic (exact) mass is 229 g/mol. The molecule has 3 heteroatoms. The predicted molar refractivity (Wildman–Crippen MR) is 67.3 cm³/mol. The number of aromatic hydroxyl groups is 1. The van der Waals surface area contributed by atoms with Gasteiger partial charge in [-0.15, -0.1) is 0 Å². The number of phenolic OH excluding ortho intramolecular Hbond substituents is 1. The van der Waals surface area contributed by atoms with Crippen LogP contribution in [0.15, 0.2) is 55.2 Å². The molecular weight excluding hydrogens is 217 g/mol. The largest absolute Gasteiger partial charge is 0.507 e. The number of anilines is 1. The molecule has 0 unspecified atom stereocenters. The number of nitrogens with one attached hydrogen (secondary N) is 1. The minimum absolute atomic E-state index is 0.116. The van der Waals surface area contributed by atoms with E-state index >= 15 is 0 Å². The minimum atomic E-state index is -0.330. The molecule has 86 valence electrons. The fourth-order valence-electron chi connectivity index (χ4n) is 1.63. The maximum Gasteiger partial charge on any atom is 0.123 e. The van der Waals surface area contributed by atoms with Crippen molar-refractivity contribution in [1.29, 1.82) is 0 Å². The van der Waals surface area contributed by atoms with Gasteiger partial charge in [0, 0.05) is 11.3 Å². The molecule has 0 aliphatic carbocycles. The molecule has 0 aromatic heterocycles. The lowest BCUT2D eigenvalue weighted by atomic mass is 10.0. The zero-order valence-electron chi connectivity index (χ0n) is 9.15. The van der Waals surface area contributed by atoms with E-state index < -0.39 is 0 Å². The number of phenols is 1. The molecule has 0 aliphatic heterocycles. The van der Waals surface area contributed by atoms with E-state index in [2.05, 4.69) is 11.9 Å². The highest BCUT2D eigenvalue weighted by atomic mass is 19.1. The van der Waals surface area contributed by atoms with Gasteiger partial charge in [0.2, 0.25) is 0 Å². The third-order valence-electron chi connectivity index (χ3n) is 2.40. The first kappa shape index (κ1) is 11.2. The molecule has 0 atom stereocenters. The van der Waals surface area contributed by atoms with Crippen LogP contribution in [0.2, 0.25) is 0 Å². The third-order valence-corrected chi connectivity index (χ3v) is 2.40. The number of hydrogen-bond donors (Lipinski definition) is 2. The zero-order valence-corrected chi connectivity index (χ0v) is 9.15. The summed E-state index contributed by atoms with van der Waals surface area (Å²) in [4.78, 5) is 0. The van der Waals surface area contributed by atoms with E-state index in [0.29, 0.717) is 11.1 Å². The van der Waals surface area contributed by atoms with Crippen LogP contribution < -0.4 is 5.32 Å². The predicted octanol–water partition coefficient (Wildman–Crippen LogP) is 3.75. The average Bonchev–Trinajstić information content (AvgIpc) is 2.32. The highest BCUT2D eigenvalue weighted by molar-refractivity contribution is 5.74. The van der Waals surface area contributed by atoms with Crippen molar-refractivity contribution in [3.63, 3.8) is 0 Å². The van der Waals surface area contributed by atoms with Crippen molar-refractivity contribution < 1.29 is 9.50 Å². The van der Waals surface area contributed by atoms with Crippen molar-refractivity contribution in [3.05, 3.63) is 61.1 Å². The standard InChI is InChI=1S/C14H12FNO/c1-2-16-12-6-7-14(17)13(9-12)10-4-3-5-11(15)8-10/h2-9,16-17H,1H2. The number of rotatable bonds is 3. The van der Waals surface area contributed by atoms with Crippen LogP contribution in [0.1, 0.15) is 0 Å². The first-order valence-corrected chi connectivity index (χ1v) is 5.17. The van der Waals surface area contributed by atoms with Crippen molar-refractivity contribution in [1.82, 2.24) is 0 Å². The van der Waals surface area contributed by atoms with Gasteiger partial charge in [-0.05, 0) is 42.1 Å². The summed E-state index contributed by atoms with van der Waals surface area (Å²) in [7, 11) is 0. The second-order valence-electron chi connectivity index (χ2n) is 3.59. The molecule has 0 fully saturated rings. The maximum absolute atomic E-state index is 13.1. The number of hydrogen-bond acceptors (Lipinski definition) is 2. The van der Waals surface area contributed by atoms with Gasteiger partial charge in [0.1, 0.15) is 11.6 Å². The highest BCUT2D eigenvalue weighted by Gasteiger charge is 2.06. The van der Waals surface area contributed by atoms with E-state index in [0.717, 1.165) is 5.69 Å². The van der Waals surface area contributed by atoms with Gasteiger partial charge in [-0.3, -0.25) is 0 Å². The normalized spacial score (nSPS) is 9.94. The molecule has 17 heavy (non-hydrogen) atoms. The van der Waals surface area contributed by atoms with E-state index in [1.165, 1.54) is 12.1 Å². The van der Waals surface area contributed by atoms with E-state index in [-0.39, 0.29) is 11.6 Å². The fourth-order valence-corrected chi connectivity index (χ4v) is 1.63. The highest BCUT2D eigenvalue weighted by Crippen LogP contribution is 2.31. The summed E-state index contributed by atoms with van der Waals surface area (Å²) in [5, 5.41) is 12.7. The molecular formula is C14H12FNO. The first-order chi connectivity index (χ1) is 8.20. The van der Waals surface area contributed by atoms with Gasteiger partial charge in [0.05, 0.1) is 0 Å². The lowest BCUT2D eigenvalue weighted by Gasteiger charge is -2.08. The molecule has 2 aromatic rings. The smallest absolute Gasteiger partial charge is 0.123 e. The SMILES string of the molecule is C=CNc1ccc(O)c(-c2cccc(F)c2)c1. The summed E-state index contributed by atoms with van der Waals surface area (Å²) in [6, 6.07) is 11.1. The zero-order chi connectivity index (χ0) is 12.3. The Morgan fingerprint density at radius 3 is 2.71 bits per heavy atom. The van der Waals surface area contributed by atoms with E-state index in [4.69, 9.17) is 0 Å². The van der Waals surface area contributed by atoms with Gasteiger partial charge in [-0.1, -0.05) is 18.7 Å². The number of halogens is 1. The molecule has 0 saturated carbocycles. The van der Waals surface area contributed by atoms with Crippen molar-refractivity contribution in [2.75, 3.05) is 5.32 Å². The average molecular weight is 229 g/mol. The summed E-state index contributed by atoms with van der Waals surface area (Å²) in [5.41, 5.74) is 2.00. The van der Waals surface area contributed by atoms with Crippen LogP contribution in [0, 0.1) is 5.82 Å². The lowest BCUT2D eigenvalue weighted by Crippen LogP contribution is -1.88. The number of benzene rings is 2. The van der Waals surface area contributed by atoms with Gasteiger partial charge >= 0.3 is 0 Å². The van der Waals surface area contributed by atoms with Crippen LogP contribution in [0.4, 0.5) is 10.1 Å². The van der Waals surface area contributed by atoms with Crippen molar-refractivity contribution >= 4 is 5.69 Å². The van der Waals surface area contributed by atoms with Crippen LogP contribution in [-0.2, 0) is 0 Å². The molecule has 2 aromatic carbocycles. The first-order valence-electron chi connectivity index (χ1n) is 5.17. The third kappa shape index (κ3) is 2.45. The van der Waals surface area contributed by atoms with E-state index in [1.807, 2.05) is 0 Å². The lowest BCUT2D eigenvalue weighted by molar-refractivity contribution is 0.477. The fraction of sp³-hybridized carbons (Fsp3) is 0. The van der Waals surface area contributed by atoms with Gasteiger partial charge in [0.15, 0.2) is 0 Å². The summed E-state index contributed by atoms with van der Waals surface area (Å²) in [5.74, 6) is -0.214. The van der Waals surface area contributed by atoms with Crippen LogP contribution in [0.25, 0.3) is 11.1 Å².